The van der Waals surface area contributed by atoms with Gasteiger partial charge in [0, 0.05) is 11.3 Å². The first kappa shape index (κ1) is 18.8. The molecule has 2 aromatic heterocycles. The Hall–Kier alpha value is -3.56. The van der Waals surface area contributed by atoms with Crippen molar-refractivity contribution >= 4 is 22.7 Å². The van der Waals surface area contributed by atoms with Crippen LogP contribution in [-0.2, 0) is 12.7 Å². The molecule has 2 heterocycles. The van der Waals surface area contributed by atoms with Crippen LogP contribution in [0.25, 0.3) is 11.2 Å². The minimum Gasteiger partial charge on any atom is -0.338 e. The highest BCUT2D eigenvalue weighted by Crippen LogP contribution is 2.31. The third kappa shape index (κ3) is 3.86. The number of hydrogen-bond acceptors (Lipinski definition) is 4. The summed E-state index contributed by atoms with van der Waals surface area (Å²) >= 11 is 0. The van der Waals surface area contributed by atoms with Crippen LogP contribution in [0.3, 0.4) is 0 Å². The van der Waals surface area contributed by atoms with Gasteiger partial charge in [-0.25, -0.2) is 23.7 Å². The molecule has 10 heteroatoms. The summed E-state index contributed by atoms with van der Waals surface area (Å²) in [6.45, 7) is -0.0725. The van der Waals surface area contributed by atoms with E-state index in [9.17, 15) is 22.0 Å². The average Bonchev–Trinajstić information content (AvgIpc) is 3.06. The molecule has 0 spiro atoms. The van der Waals surface area contributed by atoms with Gasteiger partial charge in [-0.3, -0.25) is 0 Å². The fourth-order valence-corrected chi connectivity index (χ4v) is 2.79. The number of hydrogen-bond donors (Lipinski definition) is 1. The zero-order valence-corrected chi connectivity index (χ0v) is 14.6. The minimum absolute atomic E-state index is 0.0404. The third-order valence-corrected chi connectivity index (χ3v) is 4.10. The second-order valence-corrected chi connectivity index (χ2v) is 6.17. The lowest BCUT2D eigenvalue weighted by atomic mass is 10.2. The summed E-state index contributed by atoms with van der Waals surface area (Å²) in [5.41, 5.74) is 0.369. The molecular formula is C19H12F5N5. The van der Waals surface area contributed by atoms with E-state index >= 15 is 0 Å². The van der Waals surface area contributed by atoms with Crippen molar-refractivity contribution in [2.75, 3.05) is 5.32 Å². The van der Waals surface area contributed by atoms with Crippen molar-refractivity contribution in [2.24, 2.45) is 0 Å². The molecule has 0 aliphatic carbocycles. The minimum atomic E-state index is -4.82. The van der Waals surface area contributed by atoms with Crippen LogP contribution in [0.5, 0.6) is 0 Å². The molecule has 0 saturated carbocycles. The quantitative estimate of drug-likeness (QED) is 0.490. The predicted octanol–water partition coefficient (Wildman–Crippen LogP) is 4.92. The Balaban J connectivity index is 1.83. The molecule has 0 saturated heterocycles. The second kappa shape index (κ2) is 7.12. The number of nitrogens with zero attached hydrogens (tertiary/aromatic N) is 4. The lowest BCUT2D eigenvalue weighted by molar-refractivity contribution is -0.144. The van der Waals surface area contributed by atoms with Crippen LogP contribution in [0.2, 0.25) is 0 Å². The van der Waals surface area contributed by atoms with E-state index in [0.29, 0.717) is 0 Å². The highest BCUT2D eigenvalue weighted by molar-refractivity contribution is 5.85. The first-order valence-electron chi connectivity index (χ1n) is 8.37. The largest absolute Gasteiger partial charge is 0.451 e. The van der Waals surface area contributed by atoms with E-state index in [1.807, 2.05) is 0 Å². The van der Waals surface area contributed by atoms with E-state index in [0.717, 1.165) is 6.07 Å². The second-order valence-electron chi connectivity index (χ2n) is 6.17. The molecule has 0 aliphatic rings. The van der Waals surface area contributed by atoms with Gasteiger partial charge in [0.15, 0.2) is 17.0 Å². The molecule has 0 aliphatic heterocycles. The van der Waals surface area contributed by atoms with Gasteiger partial charge in [-0.2, -0.15) is 13.2 Å². The van der Waals surface area contributed by atoms with Crippen molar-refractivity contribution in [1.29, 1.82) is 0 Å². The maximum Gasteiger partial charge on any atom is 0.451 e. The summed E-state index contributed by atoms with van der Waals surface area (Å²) in [4.78, 5) is 11.2. The molecule has 0 unspecified atom stereocenters. The summed E-state index contributed by atoms with van der Waals surface area (Å²) in [7, 11) is 0. The SMILES string of the molecule is Fc1cccc(Nc2nc(C(F)(F)F)nc3c2ncn3Cc2ccccc2F)c1. The van der Waals surface area contributed by atoms with Crippen LogP contribution < -0.4 is 5.32 Å². The van der Waals surface area contributed by atoms with Gasteiger partial charge in [0.05, 0.1) is 12.9 Å². The number of rotatable bonds is 4. The van der Waals surface area contributed by atoms with Gasteiger partial charge in [0.1, 0.15) is 11.6 Å². The molecule has 148 valence electrons. The van der Waals surface area contributed by atoms with E-state index in [4.69, 9.17) is 0 Å². The number of aromatic nitrogens is 4. The molecule has 2 aromatic carbocycles. The van der Waals surface area contributed by atoms with Gasteiger partial charge >= 0.3 is 6.18 Å². The maximum absolute atomic E-state index is 14.0. The first-order chi connectivity index (χ1) is 13.8. The number of alkyl halides is 3. The van der Waals surface area contributed by atoms with Crippen LogP contribution in [0.1, 0.15) is 11.4 Å². The number of halogens is 5. The number of imidazole rings is 1. The smallest absolute Gasteiger partial charge is 0.338 e. The topological polar surface area (TPSA) is 55.6 Å². The van der Waals surface area contributed by atoms with Crippen molar-refractivity contribution in [1.82, 2.24) is 19.5 Å². The van der Waals surface area contributed by atoms with E-state index in [2.05, 4.69) is 20.3 Å². The highest BCUT2D eigenvalue weighted by Gasteiger charge is 2.36. The summed E-state index contributed by atoms with van der Waals surface area (Å²) < 4.78 is 68.7. The molecular weight excluding hydrogens is 393 g/mol. The monoisotopic (exact) mass is 405 g/mol. The molecule has 0 atom stereocenters. The van der Waals surface area contributed by atoms with Crippen LogP contribution in [0, 0.1) is 11.6 Å². The van der Waals surface area contributed by atoms with Gasteiger partial charge < -0.3 is 9.88 Å². The molecule has 0 bridgehead atoms. The Kier molecular flexibility index (Phi) is 4.61. The third-order valence-electron chi connectivity index (χ3n) is 4.10. The van der Waals surface area contributed by atoms with Crippen LogP contribution in [0.15, 0.2) is 54.9 Å². The zero-order valence-electron chi connectivity index (χ0n) is 14.6. The molecule has 0 amide bonds. The summed E-state index contributed by atoms with van der Waals surface area (Å²) in [6, 6.07) is 11.1. The van der Waals surface area contributed by atoms with Crippen LogP contribution in [-0.4, -0.2) is 19.5 Å². The van der Waals surface area contributed by atoms with Crippen LogP contribution >= 0.6 is 0 Å². The van der Waals surface area contributed by atoms with Crippen molar-refractivity contribution in [3.05, 3.63) is 77.9 Å². The van der Waals surface area contributed by atoms with Gasteiger partial charge in [0.25, 0.3) is 0 Å². The van der Waals surface area contributed by atoms with E-state index in [1.165, 1.54) is 47.3 Å². The Morgan fingerprint density at radius 1 is 0.966 bits per heavy atom. The van der Waals surface area contributed by atoms with Gasteiger partial charge in [0.2, 0.25) is 5.82 Å². The molecule has 29 heavy (non-hydrogen) atoms. The zero-order chi connectivity index (χ0) is 20.6. The first-order valence-corrected chi connectivity index (χ1v) is 8.37. The molecule has 1 N–H and O–H groups in total. The van der Waals surface area contributed by atoms with Gasteiger partial charge in [-0.1, -0.05) is 24.3 Å². The normalized spacial score (nSPS) is 11.8. The van der Waals surface area contributed by atoms with E-state index in [1.54, 1.807) is 6.07 Å². The van der Waals surface area contributed by atoms with Gasteiger partial charge in [-0.05, 0) is 24.3 Å². The number of nitrogens with one attached hydrogen (secondary N) is 1. The van der Waals surface area contributed by atoms with Gasteiger partial charge in [-0.15, -0.1) is 0 Å². The molecule has 0 radical (unpaired) electrons. The van der Waals surface area contributed by atoms with Crippen LogP contribution in [0.4, 0.5) is 33.5 Å². The molecule has 0 fully saturated rings. The summed E-state index contributed by atoms with van der Waals surface area (Å²) in [5.74, 6) is -2.70. The Morgan fingerprint density at radius 2 is 1.76 bits per heavy atom. The van der Waals surface area contributed by atoms with E-state index in [-0.39, 0.29) is 34.8 Å². The predicted molar refractivity (Wildman–Crippen MR) is 95.5 cm³/mol. The standard InChI is InChI=1S/C19H12F5N5/c20-12-5-3-6-13(8-12)26-16-15-17(28-18(27-16)19(22,23)24)29(10-25-15)9-11-4-1-2-7-14(11)21/h1-8,10H,9H2,(H,26,27,28). The number of fused-ring (bicyclic) bond motifs is 1. The fraction of sp³-hybridized carbons (Fsp3) is 0.105. The summed E-state index contributed by atoms with van der Waals surface area (Å²) in [6.07, 6.45) is -3.57. The number of anilines is 2. The molecule has 4 aromatic rings. The summed E-state index contributed by atoms with van der Waals surface area (Å²) in [5, 5.41) is 2.65. The average molecular weight is 405 g/mol. The van der Waals surface area contributed by atoms with Crippen molar-refractivity contribution in [3.8, 4) is 0 Å². The van der Waals surface area contributed by atoms with Crippen molar-refractivity contribution in [3.63, 3.8) is 0 Å². The Bertz CT molecular complexity index is 1190. The van der Waals surface area contributed by atoms with E-state index < -0.39 is 23.6 Å². The lowest BCUT2D eigenvalue weighted by Gasteiger charge is -2.11. The highest BCUT2D eigenvalue weighted by atomic mass is 19.4. The molecule has 5 nitrogen and oxygen atoms in total. The fourth-order valence-electron chi connectivity index (χ4n) is 2.79. The Labute approximate surface area is 160 Å². The Morgan fingerprint density at radius 3 is 2.48 bits per heavy atom. The molecule has 4 rings (SSSR count). The van der Waals surface area contributed by atoms with Crippen molar-refractivity contribution in [2.45, 2.75) is 12.7 Å². The lowest BCUT2D eigenvalue weighted by Crippen LogP contribution is -2.14. The maximum atomic E-state index is 14.0. The number of benzene rings is 2. The van der Waals surface area contributed by atoms with Crippen molar-refractivity contribution < 1.29 is 22.0 Å².